The van der Waals surface area contributed by atoms with Crippen LogP contribution in [0.5, 0.6) is 0 Å². The largest absolute Gasteiger partial charge is 0.468 e. The Morgan fingerprint density at radius 2 is 2.07 bits per heavy atom. The van der Waals surface area contributed by atoms with Gasteiger partial charge in [0.25, 0.3) is 0 Å². The van der Waals surface area contributed by atoms with Gasteiger partial charge in [0, 0.05) is 12.5 Å². The van der Waals surface area contributed by atoms with Gasteiger partial charge in [0.15, 0.2) is 0 Å². The molecule has 0 bridgehead atoms. The SMILES string of the molecule is CCC(C)C(=O)NCC(I)C(=O)OC. The van der Waals surface area contributed by atoms with Crippen LogP contribution < -0.4 is 5.32 Å². The van der Waals surface area contributed by atoms with Crippen LogP contribution >= 0.6 is 22.6 Å². The van der Waals surface area contributed by atoms with Gasteiger partial charge in [-0.05, 0) is 6.42 Å². The number of carbonyl (C=O) groups excluding carboxylic acids is 2. The Morgan fingerprint density at radius 3 is 2.50 bits per heavy atom. The molecule has 14 heavy (non-hydrogen) atoms. The summed E-state index contributed by atoms with van der Waals surface area (Å²) in [4.78, 5) is 22.3. The first-order valence-corrected chi connectivity index (χ1v) is 5.77. The average molecular weight is 313 g/mol. The first kappa shape index (κ1) is 13.7. The standard InChI is InChI=1S/C9H16INO3/c1-4-6(2)8(12)11-5-7(10)9(13)14-3/h6-7H,4-5H2,1-3H3,(H,11,12). The van der Waals surface area contributed by atoms with E-state index in [-0.39, 0.29) is 21.7 Å². The van der Waals surface area contributed by atoms with Crippen molar-refractivity contribution in [2.24, 2.45) is 5.92 Å². The summed E-state index contributed by atoms with van der Waals surface area (Å²) in [6, 6.07) is 0. The zero-order valence-corrected chi connectivity index (χ0v) is 10.8. The monoisotopic (exact) mass is 313 g/mol. The minimum absolute atomic E-state index is 0.00348. The van der Waals surface area contributed by atoms with E-state index in [0.717, 1.165) is 6.42 Å². The molecule has 0 fully saturated rings. The molecular weight excluding hydrogens is 297 g/mol. The molecule has 0 saturated carbocycles. The number of rotatable bonds is 5. The molecule has 1 amide bonds. The second kappa shape index (κ2) is 7.03. The lowest BCUT2D eigenvalue weighted by Gasteiger charge is -2.12. The average Bonchev–Trinajstić information content (AvgIpc) is 2.22. The van der Waals surface area contributed by atoms with Gasteiger partial charge in [-0.15, -0.1) is 0 Å². The maximum atomic E-state index is 11.3. The third-order valence-corrected chi connectivity index (χ3v) is 2.92. The van der Waals surface area contributed by atoms with E-state index < -0.39 is 0 Å². The molecule has 0 aromatic heterocycles. The quantitative estimate of drug-likeness (QED) is 0.470. The summed E-state index contributed by atoms with van der Waals surface area (Å²) in [5.74, 6) is -0.329. The number of alkyl halides is 1. The van der Waals surface area contributed by atoms with E-state index in [9.17, 15) is 9.59 Å². The molecule has 2 unspecified atom stereocenters. The first-order chi connectivity index (χ1) is 6.52. The fourth-order valence-electron chi connectivity index (χ4n) is 0.761. The Hall–Kier alpha value is -0.330. The highest BCUT2D eigenvalue weighted by atomic mass is 127. The zero-order valence-electron chi connectivity index (χ0n) is 8.67. The van der Waals surface area contributed by atoms with Crippen molar-refractivity contribution < 1.29 is 14.3 Å². The summed E-state index contributed by atoms with van der Waals surface area (Å²) < 4.78 is 4.22. The number of esters is 1. The van der Waals surface area contributed by atoms with Crippen LogP contribution in [0, 0.1) is 5.92 Å². The number of amides is 1. The summed E-state index contributed by atoms with van der Waals surface area (Å²) in [5.41, 5.74) is 0. The van der Waals surface area contributed by atoms with Gasteiger partial charge < -0.3 is 10.1 Å². The van der Waals surface area contributed by atoms with Gasteiger partial charge in [0.2, 0.25) is 5.91 Å². The van der Waals surface area contributed by atoms with Gasteiger partial charge in [-0.3, -0.25) is 9.59 Å². The van der Waals surface area contributed by atoms with Crippen LogP contribution in [0.2, 0.25) is 0 Å². The number of ether oxygens (including phenoxy) is 1. The first-order valence-electron chi connectivity index (χ1n) is 4.52. The summed E-state index contributed by atoms with van der Waals surface area (Å²) in [6.45, 7) is 4.14. The van der Waals surface area contributed by atoms with Crippen molar-refractivity contribution in [3.05, 3.63) is 0 Å². The molecule has 2 atom stereocenters. The molecule has 0 aliphatic carbocycles. The van der Waals surface area contributed by atoms with E-state index in [1.165, 1.54) is 7.11 Å². The number of hydrogen-bond acceptors (Lipinski definition) is 3. The van der Waals surface area contributed by atoms with Gasteiger partial charge in [-0.2, -0.15) is 0 Å². The van der Waals surface area contributed by atoms with Crippen molar-refractivity contribution in [1.82, 2.24) is 5.32 Å². The van der Waals surface area contributed by atoms with Crippen LogP contribution in [-0.4, -0.2) is 29.5 Å². The molecule has 0 aromatic rings. The Kier molecular flexibility index (Phi) is 6.86. The summed E-state index contributed by atoms with van der Waals surface area (Å²) in [7, 11) is 1.34. The molecule has 0 spiro atoms. The topological polar surface area (TPSA) is 55.4 Å². The fourth-order valence-corrected chi connectivity index (χ4v) is 1.24. The summed E-state index contributed by atoms with van der Waals surface area (Å²) >= 11 is 1.95. The summed E-state index contributed by atoms with van der Waals surface area (Å²) in [5, 5.41) is 2.70. The number of halogens is 1. The van der Waals surface area contributed by atoms with Crippen LogP contribution in [0.25, 0.3) is 0 Å². The van der Waals surface area contributed by atoms with E-state index in [2.05, 4.69) is 10.1 Å². The predicted molar refractivity (Wildman–Crippen MR) is 62.3 cm³/mol. The van der Waals surface area contributed by atoms with Crippen LogP contribution in [0.15, 0.2) is 0 Å². The number of methoxy groups -OCH3 is 1. The molecule has 82 valence electrons. The Morgan fingerprint density at radius 1 is 1.50 bits per heavy atom. The molecule has 1 N–H and O–H groups in total. The molecule has 0 saturated heterocycles. The van der Waals surface area contributed by atoms with E-state index in [1.807, 2.05) is 36.4 Å². The lowest BCUT2D eigenvalue weighted by Crippen LogP contribution is -2.36. The van der Waals surface area contributed by atoms with E-state index in [0.29, 0.717) is 6.54 Å². The lowest BCUT2D eigenvalue weighted by molar-refractivity contribution is -0.139. The van der Waals surface area contributed by atoms with Gasteiger partial charge in [0.05, 0.1) is 7.11 Å². The normalized spacial score (nSPS) is 14.3. The van der Waals surface area contributed by atoms with Crippen molar-refractivity contribution in [3.8, 4) is 0 Å². The molecule has 0 radical (unpaired) electrons. The van der Waals surface area contributed by atoms with Crippen LogP contribution in [-0.2, 0) is 14.3 Å². The Bertz CT molecular complexity index is 208. The fraction of sp³-hybridized carbons (Fsp3) is 0.778. The smallest absolute Gasteiger partial charge is 0.320 e. The molecular formula is C9H16INO3. The van der Waals surface area contributed by atoms with Crippen LogP contribution in [0.3, 0.4) is 0 Å². The molecule has 4 nitrogen and oxygen atoms in total. The third kappa shape index (κ3) is 4.78. The molecule has 0 heterocycles. The van der Waals surface area contributed by atoms with E-state index >= 15 is 0 Å². The van der Waals surface area contributed by atoms with Crippen molar-refractivity contribution in [1.29, 1.82) is 0 Å². The maximum absolute atomic E-state index is 11.3. The highest BCUT2D eigenvalue weighted by molar-refractivity contribution is 14.1. The number of carbonyl (C=O) groups is 2. The van der Waals surface area contributed by atoms with Crippen molar-refractivity contribution >= 4 is 34.5 Å². The van der Waals surface area contributed by atoms with E-state index in [1.54, 1.807) is 0 Å². The molecule has 0 aromatic carbocycles. The predicted octanol–water partition coefficient (Wildman–Crippen LogP) is 1.13. The minimum atomic E-state index is -0.314. The summed E-state index contributed by atoms with van der Waals surface area (Å²) in [6.07, 6.45) is 0.802. The van der Waals surface area contributed by atoms with Crippen molar-refractivity contribution in [2.45, 2.75) is 24.2 Å². The minimum Gasteiger partial charge on any atom is -0.468 e. The Balaban J connectivity index is 3.82. The Labute approximate surface area is 97.9 Å². The lowest BCUT2D eigenvalue weighted by atomic mass is 10.1. The van der Waals surface area contributed by atoms with Crippen molar-refractivity contribution in [2.75, 3.05) is 13.7 Å². The van der Waals surface area contributed by atoms with Gasteiger partial charge in [-0.25, -0.2) is 0 Å². The van der Waals surface area contributed by atoms with Gasteiger partial charge in [0.1, 0.15) is 3.92 Å². The maximum Gasteiger partial charge on any atom is 0.320 e. The highest BCUT2D eigenvalue weighted by Crippen LogP contribution is 2.03. The van der Waals surface area contributed by atoms with Crippen LogP contribution in [0.4, 0.5) is 0 Å². The van der Waals surface area contributed by atoms with E-state index in [4.69, 9.17) is 0 Å². The van der Waals surface area contributed by atoms with Gasteiger partial charge >= 0.3 is 5.97 Å². The third-order valence-electron chi connectivity index (χ3n) is 1.97. The number of hydrogen-bond donors (Lipinski definition) is 1. The van der Waals surface area contributed by atoms with Crippen molar-refractivity contribution in [3.63, 3.8) is 0 Å². The van der Waals surface area contributed by atoms with Gasteiger partial charge in [-0.1, -0.05) is 36.4 Å². The second-order valence-corrected chi connectivity index (χ2v) is 4.55. The highest BCUT2D eigenvalue weighted by Gasteiger charge is 2.17. The van der Waals surface area contributed by atoms with Crippen LogP contribution in [0.1, 0.15) is 20.3 Å². The molecule has 5 heteroatoms. The molecule has 0 aliphatic heterocycles. The molecule has 0 aliphatic rings. The molecule has 0 rings (SSSR count). The zero-order chi connectivity index (χ0) is 11.1. The second-order valence-electron chi connectivity index (χ2n) is 3.05. The number of nitrogens with one attached hydrogen (secondary N) is 1.